The molecule has 0 spiro atoms. The van der Waals surface area contributed by atoms with E-state index in [4.69, 9.17) is 10.5 Å². The lowest BCUT2D eigenvalue weighted by molar-refractivity contribution is -0.141. The molecule has 21 heavy (non-hydrogen) atoms. The summed E-state index contributed by atoms with van der Waals surface area (Å²) in [7, 11) is 1.62. The Labute approximate surface area is 122 Å². The lowest BCUT2D eigenvalue weighted by Crippen LogP contribution is -2.57. The quantitative estimate of drug-likeness (QED) is 0.928. The van der Waals surface area contributed by atoms with Crippen molar-refractivity contribution in [1.82, 2.24) is 4.90 Å². The molecule has 1 amide bonds. The van der Waals surface area contributed by atoms with E-state index in [9.17, 15) is 13.6 Å². The van der Waals surface area contributed by atoms with Crippen molar-refractivity contribution in [2.24, 2.45) is 5.73 Å². The summed E-state index contributed by atoms with van der Waals surface area (Å²) in [5.41, 5.74) is 5.75. The summed E-state index contributed by atoms with van der Waals surface area (Å²) in [5.74, 6) is -2.03. The Kier molecular flexibility index (Phi) is 4.58. The van der Waals surface area contributed by atoms with Crippen LogP contribution in [0.5, 0.6) is 0 Å². The Hall–Kier alpha value is -1.53. The minimum atomic E-state index is -0.945. The number of halogens is 2. The van der Waals surface area contributed by atoms with Crippen molar-refractivity contribution >= 4 is 5.91 Å². The van der Waals surface area contributed by atoms with Crippen LogP contribution < -0.4 is 5.73 Å². The van der Waals surface area contributed by atoms with Gasteiger partial charge in [0.2, 0.25) is 5.91 Å². The number of benzene rings is 1. The maximum Gasteiger partial charge on any atom is 0.243 e. The molecule has 0 aliphatic carbocycles. The second-order valence-corrected chi connectivity index (χ2v) is 5.53. The average molecular weight is 298 g/mol. The SMILES string of the molecule is CC(c1ccc(F)c(F)c1)N(C)C(=O)C1(N)CCOCC1. The number of ether oxygens (including phenoxy) is 1. The predicted octanol–water partition coefficient (Wildman–Crippen LogP) is 1.99. The van der Waals surface area contributed by atoms with Gasteiger partial charge in [-0.15, -0.1) is 0 Å². The molecular formula is C15H20F2N2O2. The van der Waals surface area contributed by atoms with Crippen molar-refractivity contribution in [3.63, 3.8) is 0 Å². The van der Waals surface area contributed by atoms with E-state index in [0.717, 1.165) is 12.1 Å². The third-order valence-corrected chi connectivity index (χ3v) is 4.14. The summed E-state index contributed by atoms with van der Waals surface area (Å²) in [6, 6.07) is 3.25. The van der Waals surface area contributed by atoms with Gasteiger partial charge >= 0.3 is 0 Å². The minimum absolute atomic E-state index is 0.206. The normalized spacial score (nSPS) is 19.1. The number of hydrogen-bond acceptors (Lipinski definition) is 3. The van der Waals surface area contributed by atoms with E-state index < -0.39 is 23.2 Å². The summed E-state index contributed by atoms with van der Waals surface area (Å²) in [5, 5.41) is 0. The number of carbonyl (C=O) groups is 1. The topological polar surface area (TPSA) is 55.6 Å². The van der Waals surface area contributed by atoms with Gasteiger partial charge in [0.25, 0.3) is 0 Å². The third-order valence-electron chi connectivity index (χ3n) is 4.14. The van der Waals surface area contributed by atoms with E-state index in [0.29, 0.717) is 31.6 Å². The van der Waals surface area contributed by atoms with Crippen molar-refractivity contribution in [2.75, 3.05) is 20.3 Å². The molecule has 4 nitrogen and oxygen atoms in total. The third kappa shape index (κ3) is 3.22. The van der Waals surface area contributed by atoms with E-state index in [1.165, 1.54) is 11.0 Å². The molecule has 1 aromatic carbocycles. The van der Waals surface area contributed by atoms with Gasteiger partial charge in [-0.25, -0.2) is 8.78 Å². The average Bonchev–Trinajstić information content (AvgIpc) is 2.48. The molecule has 2 rings (SSSR count). The molecule has 1 aliphatic rings. The van der Waals surface area contributed by atoms with Crippen LogP contribution in [0.15, 0.2) is 18.2 Å². The molecule has 1 unspecified atom stereocenters. The predicted molar refractivity (Wildman–Crippen MR) is 74.5 cm³/mol. The Balaban J connectivity index is 2.16. The largest absolute Gasteiger partial charge is 0.381 e. The zero-order valence-electron chi connectivity index (χ0n) is 12.2. The van der Waals surface area contributed by atoms with Gasteiger partial charge < -0.3 is 15.4 Å². The summed E-state index contributed by atoms with van der Waals surface area (Å²) >= 11 is 0. The Morgan fingerprint density at radius 3 is 2.52 bits per heavy atom. The molecule has 1 saturated heterocycles. The van der Waals surface area contributed by atoms with Crippen LogP contribution in [0.2, 0.25) is 0 Å². The molecule has 6 heteroatoms. The van der Waals surface area contributed by atoms with Crippen LogP contribution in [-0.2, 0) is 9.53 Å². The maximum atomic E-state index is 13.3. The van der Waals surface area contributed by atoms with Gasteiger partial charge in [0, 0.05) is 20.3 Å². The van der Waals surface area contributed by atoms with Crippen LogP contribution in [0.4, 0.5) is 8.78 Å². The fourth-order valence-electron chi connectivity index (χ4n) is 2.47. The molecule has 1 aromatic rings. The first-order chi connectivity index (χ1) is 9.85. The number of amides is 1. The zero-order valence-corrected chi connectivity index (χ0v) is 12.2. The fraction of sp³-hybridized carbons (Fsp3) is 0.533. The van der Waals surface area contributed by atoms with Gasteiger partial charge in [-0.2, -0.15) is 0 Å². The number of hydrogen-bond donors (Lipinski definition) is 1. The molecule has 0 radical (unpaired) electrons. The van der Waals surface area contributed by atoms with Gasteiger partial charge in [-0.3, -0.25) is 4.79 Å². The van der Waals surface area contributed by atoms with E-state index in [2.05, 4.69) is 0 Å². The highest BCUT2D eigenvalue weighted by Crippen LogP contribution is 2.26. The van der Waals surface area contributed by atoms with Crippen LogP contribution in [0.3, 0.4) is 0 Å². The van der Waals surface area contributed by atoms with Crippen LogP contribution in [0, 0.1) is 11.6 Å². The van der Waals surface area contributed by atoms with Crippen LogP contribution in [0.1, 0.15) is 31.4 Å². The van der Waals surface area contributed by atoms with E-state index in [1.807, 2.05) is 0 Å². The lowest BCUT2D eigenvalue weighted by atomic mass is 9.89. The van der Waals surface area contributed by atoms with E-state index in [-0.39, 0.29) is 5.91 Å². The monoisotopic (exact) mass is 298 g/mol. The number of nitrogens with two attached hydrogens (primary N) is 1. The van der Waals surface area contributed by atoms with E-state index in [1.54, 1.807) is 14.0 Å². The van der Waals surface area contributed by atoms with Gasteiger partial charge in [-0.05, 0) is 37.5 Å². The molecule has 1 heterocycles. The molecular weight excluding hydrogens is 278 g/mol. The van der Waals surface area contributed by atoms with Crippen molar-refractivity contribution in [3.8, 4) is 0 Å². The number of nitrogens with zero attached hydrogens (tertiary/aromatic N) is 1. The van der Waals surface area contributed by atoms with Crippen molar-refractivity contribution in [3.05, 3.63) is 35.4 Å². The maximum absolute atomic E-state index is 13.3. The zero-order chi connectivity index (χ0) is 15.6. The highest BCUT2D eigenvalue weighted by molar-refractivity contribution is 5.86. The molecule has 0 aromatic heterocycles. The Morgan fingerprint density at radius 2 is 1.95 bits per heavy atom. The molecule has 1 fully saturated rings. The highest BCUT2D eigenvalue weighted by Gasteiger charge is 2.39. The smallest absolute Gasteiger partial charge is 0.243 e. The number of rotatable bonds is 3. The molecule has 0 bridgehead atoms. The number of likely N-dealkylation sites (N-methyl/N-ethyl adjacent to an activating group) is 1. The van der Waals surface area contributed by atoms with Gasteiger partial charge in [-0.1, -0.05) is 6.07 Å². The molecule has 1 atom stereocenters. The van der Waals surface area contributed by atoms with Crippen molar-refractivity contribution in [1.29, 1.82) is 0 Å². The van der Waals surface area contributed by atoms with Crippen LogP contribution >= 0.6 is 0 Å². The van der Waals surface area contributed by atoms with Gasteiger partial charge in [0.05, 0.1) is 11.6 Å². The van der Waals surface area contributed by atoms with Crippen molar-refractivity contribution < 1.29 is 18.3 Å². The summed E-state index contributed by atoms with van der Waals surface area (Å²) in [4.78, 5) is 14.0. The van der Waals surface area contributed by atoms with Gasteiger partial charge in [0.15, 0.2) is 11.6 Å². The first-order valence-electron chi connectivity index (χ1n) is 6.94. The first kappa shape index (κ1) is 15.9. The standard InChI is InChI=1S/C15H20F2N2O2/c1-10(11-3-4-12(16)13(17)9-11)19(2)14(20)15(18)5-7-21-8-6-15/h3-4,9-10H,5-8,18H2,1-2H3. The summed E-state index contributed by atoms with van der Waals surface area (Å²) < 4.78 is 31.5. The summed E-state index contributed by atoms with van der Waals surface area (Å²) in [6.07, 6.45) is 0.918. The second-order valence-electron chi connectivity index (χ2n) is 5.53. The minimum Gasteiger partial charge on any atom is -0.381 e. The van der Waals surface area contributed by atoms with Crippen LogP contribution in [-0.4, -0.2) is 36.6 Å². The Morgan fingerprint density at radius 1 is 1.33 bits per heavy atom. The first-order valence-corrected chi connectivity index (χ1v) is 6.94. The lowest BCUT2D eigenvalue weighted by Gasteiger charge is -2.37. The molecule has 1 aliphatic heterocycles. The van der Waals surface area contributed by atoms with Crippen LogP contribution in [0.25, 0.3) is 0 Å². The molecule has 2 N–H and O–H groups in total. The van der Waals surface area contributed by atoms with E-state index >= 15 is 0 Å². The Bertz CT molecular complexity index is 530. The summed E-state index contributed by atoms with van der Waals surface area (Å²) in [6.45, 7) is 2.67. The fourth-order valence-corrected chi connectivity index (χ4v) is 2.47. The van der Waals surface area contributed by atoms with Crippen molar-refractivity contribution in [2.45, 2.75) is 31.3 Å². The number of carbonyl (C=O) groups excluding carboxylic acids is 1. The van der Waals surface area contributed by atoms with Gasteiger partial charge in [0.1, 0.15) is 0 Å². The molecule has 0 saturated carbocycles. The molecule has 116 valence electrons. The highest BCUT2D eigenvalue weighted by atomic mass is 19.2. The second kappa shape index (κ2) is 6.07.